The molecule has 0 aromatic carbocycles. The zero-order valence-electron chi connectivity index (χ0n) is 14.7. The zero-order valence-corrected chi connectivity index (χ0v) is 14.7. The van der Waals surface area contributed by atoms with Gasteiger partial charge in [-0.3, -0.25) is 9.59 Å². The summed E-state index contributed by atoms with van der Waals surface area (Å²) < 4.78 is 0. The first-order valence-corrected chi connectivity index (χ1v) is 9.24. The van der Waals surface area contributed by atoms with Crippen LogP contribution in [0.3, 0.4) is 0 Å². The van der Waals surface area contributed by atoms with Crippen molar-refractivity contribution in [3.63, 3.8) is 0 Å². The average molecular weight is 340 g/mol. The third-order valence-corrected chi connectivity index (χ3v) is 4.80. The Morgan fingerprint density at radius 2 is 2.00 bits per heavy atom. The fourth-order valence-electron chi connectivity index (χ4n) is 3.37. The van der Waals surface area contributed by atoms with E-state index in [1.165, 1.54) is 0 Å². The summed E-state index contributed by atoms with van der Waals surface area (Å²) in [6, 6.07) is 0. The van der Waals surface area contributed by atoms with E-state index in [-0.39, 0.29) is 30.5 Å². The molecule has 1 rings (SSSR count). The van der Waals surface area contributed by atoms with Crippen LogP contribution in [0, 0.1) is 11.8 Å². The lowest BCUT2D eigenvalue weighted by atomic mass is 9.88. The summed E-state index contributed by atoms with van der Waals surface area (Å²) in [6.07, 6.45) is 9.44. The van der Waals surface area contributed by atoms with Crippen molar-refractivity contribution in [3.8, 4) is 0 Å². The van der Waals surface area contributed by atoms with Gasteiger partial charge in [0.1, 0.15) is 5.78 Å². The summed E-state index contributed by atoms with van der Waals surface area (Å²) in [5.41, 5.74) is 0. The summed E-state index contributed by atoms with van der Waals surface area (Å²) in [5, 5.41) is 28.7. The number of unbranched alkanes of at least 4 members (excludes halogenated alkanes) is 4. The molecule has 4 atom stereocenters. The molecule has 0 aromatic heterocycles. The van der Waals surface area contributed by atoms with Crippen molar-refractivity contribution >= 4 is 11.8 Å². The van der Waals surface area contributed by atoms with Crippen LogP contribution < -0.4 is 0 Å². The number of rotatable bonds is 12. The highest BCUT2D eigenvalue weighted by atomic mass is 16.4. The maximum Gasteiger partial charge on any atom is 0.303 e. The molecule has 1 fully saturated rings. The molecule has 0 amide bonds. The minimum atomic E-state index is -0.791. The van der Waals surface area contributed by atoms with Crippen LogP contribution in [-0.2, 0) is 9.59 Å². The fourth-order valence-corrected chi connectivity index (χ4v) is 3.37. The van der Waals surface area contributed by atoms with Crippen LogP contribution in [0.15, 0.2) is 12.2 Å². The molecule has 0 saturated heterocycles. The van der Waals surface area contributed by atoms with Crippen molar-refractivity contribution in [2.75, 3.05) is 0 Å². The lowest BCUT2D eigenvalue weighted by molar-refractivity contribution is -0.137. The number of hydrogen-bond donors (Lipinski definition) is 3. The van der Waals surface area contributed by atoms with Gasteiger partial charge < -0.3 is 15.3 Å². The Balaban J connectivity index is 2.44. The molecule has 0 aliphatic heterocycles. The third kappa shape index (κ3) is 7.58. The quantitative estimate of drug-likeness (QED) is 0.375. The molecule has 5 nitrogen and oxygen atoms in total. The van der Waals surface area contributed by atoms with Crippen LogP contribution in [-0.4, -0.2) is 39.3 Å². The number of aliphatic hydroxyl groups is 2. The van der Waals surface area contributed by atoms with Crippen molar-refractivity contribution in [1.29, 1.82) is 0 Å². The zero-order chi connectivity index (χ0) is 17.9. The molecule has 3 N–H and O–H groups in total. The summed E-state index contributed by atoms with van der Waals surface area (Å²) in [5.74, 6) is -1.14. The number of carboxylic acid groups (broad SMARTS) is 1. The maximum atomic E-state index is 12.1. The number of carbonyl (C=O) groups excluding carboxylic acids is 1. The summed E-state index contributed by atoms with van der Waals surface area (Å²) in [7, 11) is 0. The molecular formula is C19H32O5. The van der Waals surface area contributed by atoms with Crippen molar-refractivity contribution in [2.45, 2.75) is 83.3 Å². The van der Waals surface area contributed by atoms with E-state index in [4.69, 9.17) is 5.11 Å². The first-order chi connectivity index (χ1) is 11.5. The summed E-state index contributed by atoms with van der Waals surface area (Å²) >= 11 is 0. The van der Waals surface area contributed by atoms with E-state index < -0.39 is 18.2 Å². The Labute approximate surface area is 144 Å². The second-order valence-corrected chi connectivity index (χ2v) is 6.86. The number of ketones is 1. The van der Waals surface area contributed by atoms with Gasteiger partial charge in [0.15, 0.2) is 0 Å². The Kier molecular flexibility index (Phi) is 9.88. The molecule has 5 heteroatoms. The molecule has 1 saturated carbocycles. The van der Waals surface area contributed by atoms with Crippen LogP contribution >= 0.6 is 0 Å². The van der Waals surface area contributed by atoms with Gasteiger partial charge in [0.2, 0.25) is 0 Å². The van der Waals surface area contributed by atoms with Gasteiger partial charge in [-0.25, -0.2) is 0 Å². The van der Waals surface area contributed by atoms with Gasteiger partial charge in [-0.2, -0.15) is 0 Å². The van der Waals surface area contributed by atoms with Crippen molar-refractivity contribution < 1.29 is 24.9 Å². The van der Waals surface area contributed by atoms with Gasteiger partial charge >= 0.3 is 5.97 Å². The van der Waals surface area contributed by atoms with Crippen molar-refractivity contribution in [2.24, 2.45) is 11.8 Å². The van der Waals surface area contributed by atoms with Crippen molar-refractivity contribution in [3.05, 3.63) is 12.2 Å². The molecule has 138 valence electrons. The number of aliphatic carboxylic acids is 1. The lowest BCUT2D eigenvalue weighted by Gasteiger charge is -2.18. The molecule has 0 spiro atoms. The Morgan fingerprint density at radius 1 is 1.25 bits per heavy atom. The molecule has 1 unspecified atom stereocenters. The van der Waals surface area contributed by atoms with Crippen LogP contribution in [0.2, 0.25) is 0 Å². The highest BCUT2D eigenvalue weighted by Crippen LogP contribution is 2.34. The average Bonchev–Trinajstić information content (AvgIpc) is 2.78. The molecule has 1 aliphatic carbocycles. The van der Waals surface area contributed by atoms with E-state index in [1.54, 1.807) is 6.08 Å². The number of hydrogen-bond acceptors (Lipinski definition) is 4. The first-order valence-electron chi connectivity index (χ1n) is 9.24. The second kappa shape index (κ2) is 11.4. The largest absolute Gasteiger partial charge is 0.481 e. The maximum absolute atomic E-state index is 12.1. The van der Waals surface area contributed by atoms with E-state index in [0.717, 1.165) is 32.1 Å². The predicted molar refractivity (Wildman–Crippen MR) is 92.6 cm³/mol. The normalized spacial score (nSPS) is 25.5. The minimum Gasteiger partial charge on any atom is -0.481 e. The van der Waals surface area contributed by atoms with Crippen LogP contribution in [0.4, 0.5) is 0 Å². The van der Waals surface area contributed by atoms with Gasteiger partial charge in [0.25, 0.3) is 0 Å². The van der Waals surface area contributed by atoms with Gasteiger partial charge in [0.05, 0.1) is 12.2 Å². The van der Waals surface area contributed by atoms with Crippen LogP contribution in [0.1, 0.15) is 71.1 Å². The number of aliphatic hydroxyl groups excluding tert-OH is 2. The Hall–Kier alpha value is -1.20. The SMILES string of the molecule is CCCCCC(O)/C=C/[C@H]1[C@H](O)CC(=O)[C@@H]1CCCCCC(=O)O. The molecule has 0 radical (unpaired) electrons. The highest BCUT2D eigenvalue weighted by Gasteiger charge is 2.39. The third-order valence-electron chi connectivity index (χ3n) is 4.80. The summed E-state index contributed by atoms with van der Waals surface area (Å²) in [6.45, 7) is 2.11. The number of Topliss-reactive ketones (excluding diaryl/α,β-unsaturated/α-hetero) is 1. The number of carboxylic acids is 1. The highest BCUT2D eigenvalue weighted by molar-refractivity contribution is 5.84. The first kappa shape index (κ1) is 20.8. The van der Waals surface area contributed by atoms with Crippen LogP contribution in [0.5, 0.6) is 0 Å². The molecule has 0 bridgehead atoms. The van der Waals surface area contributed by atoms with E-state index in [9.17, 15) is 19.8 Å². The smallest absolute Gasteiger partial charge is 0.303 e. The van der Waals surface area contributed by atoms with Gasteiger partial charge in [-0.05, 0) is 19.3 Å². The van der Waals surface area contributed by atoms with E-state index in [2.05, 4.69) is 6.92 Å². The lowest BCUT2D eigenvalue weighted by Crippen LogP contribution is -2.19. The molecule has 24 heavy (non-hydrogen) atoms. The van der Waals surface area contributed by atoms with E-state index in [1.807, 2.05) is 6.08 Å². The van der Waals surface area contributed by atoms with Gasteiger partial charge in [-0.15, -0.1) is 0 Å². The Bertz CT molecular complexity index is 418. The number of carbonyl (C=O) groups is 2. The van der Waals surface area contributed by atoms with Crippen molar-refractivity contribution in [1.82, 2.24) is 0 Å². The van der Waals surface area contributed by atoms with Gasteiger partial charge in [0, 0.05) is 24.7 Å². The molecule has 1 aliphatic rings. The predicted octanol–water partition coefficient (Wildman–Crippen LogP) is 3.09. The van der Waals surface area contributed by atoms with E-state index in [0.29, 0.717) is 19.3 Å². The molecule has 0 aromatic rings. The molecular weight excluding hydrogens is 308 g/mol. The molecule has 0 heterocycles. The topological polar surface area (TPSA) is 94.8 Å². The van der Waals surface area contributed by atoms with E-state index >= 15 is 0 Å². The summed E-state index contributed by atoms with van der Waals surface area (Å²) in [4.78, 5) is 22.6. The van der Waals surface area contributed by atoms with Gasteiger partial charge in [-0.1, -0.05) is 51.2 Å². The second-order valence-electron chi connectivity index (χ2n) is 6.86. The Morgan fingerprint density at radius 3 is 2.67 bits per heavy atom. The fraction of sp³-hybridized carbons (Fsp3) is 0.789. The standard InChI is InChI=1S/C19H32O5/c1-2-3-5-8-14(20)11-12-16-15(17(21)13-18(16)22)9-6-4-7-10-19(23)24/h11-12,14-16,18,20,22H,2-10,13H2,1H3,(H,23,24)/b12-11+/t14?,15-,16-,18-/m1/s1. The van der Waals surface area contributed by atoms with Crippen LogP contribution in [0.25, 0.3) is 0 Å². The minimum absolute atomic E-state index is 0.0795. The monoisotopic (exact) mass is 340 g/mol.